The minimum Gasteiger partial charge on any atom is -0.361 e. The molecule has 146 valence electrons. The van der Waals surface area contributed by atoms with E-state index in [4.69, 9.17) is 7.10 Å². The van der Waals surface area contributed by atoms with E-state index >= 15 is 0 Å². The Labute approximate surface area is 161 Å². The molecule has 0 amide bonds. The van der Waals surface area contributed by atoms with Crippen LogP contribution in [0.15, 0.2) is 48.8 Å². The second-order valence-corrected chi connectivity index (χ2v) is 5.51. The summed E-state index contributed by atoms with van der Waals surface area (Å²) in [6.07, 6.45) is 4.22. The van der Waals surface area contributed by atoms with Gasteiger partial charge in [-0.05, 0) is 36.2 Å². The quantitative estimate of drug-likeness (QED) is 0.379. The summed E-state index contributed by atoms with van der Waals surface area (Å²) in [4.78, 5) is 5.90. The molecule has 0 saturated carbocycles. The first-order valence-corrected chi connectivity index (χ1v) is 8.55. The molecule has 3 nitrogen and oxygen atoms in total. The third-order valence-corrected chi connectivity index (χ3v) is 4.10. The second kappa shape index (κ2) is 10.5. The van der Waals surface area contributed by atoms with E-state index in [-0.39, 0.29) is 25.6 Å². The number of fused-ring (bicyclic) bond motifs is 2. The summed E-state index contributed by atoms with van der Waals surface area (Å²) in [6.45, 7) is 4.49. The Morgan fingerprint density at radius 2 is 1.33 bits per heavy atom. The number of nitrogens with two attached hydrogens (primary N) is 1. The normalized spacial score (nSPS) is 10.3. The molecule has 0 aliphatic carbocycles. The molecule has 2 aromatic carbocycles. The fraction of sp³-hybridized carbons (Fsp3) is 0.273. The van der Waals surface area contributed by atoms with E-state index in [0.29, 0.717) is 23.2 Å². The summed E-state index contributed by atoms with van der Waals surface area (Å²) >= 11 is 0. The van der Waals surface area contributed by atoms with Crippen molar-refractivity contribution in [3.63, 3.8) is 0 Å². The van der Waals surface area contributed by atoms with Crippen molar-refractivity contribution in [1.29, 1.82) is 0 Å². The zero-order valence-electron chi connectivity index (χ0n) is 16.1. The Hall–Kier alpha value is -2.66. The molecule has 0 spiro atoms. The van der Waals surface area contributed by atoms with Gasteiger partial charge in [0.05, 0.1) is 0 Å². The summed E-state index contributed by atoms with van der Waals surface area (Å²) in [7, 11) is 0. The van der Waals surface area contributed by atoms with Gasteiger partial charge in [0.2, 0.25) is 0 Å². The average molecular weight is 374 g/mol. The third-order valence-electron chi connectivity index (χ3n) is 4.10. The van der Waals surface area contributed by atoms with Crippen LogP contribution in [-0.4, -0.2) is 9.97 Å². The number of benzene rings is 2. The minimum absolute atomic E-state index is 0. The highest BCUT2D eigenvalue weighted by Crippen LogP contribution is 2.20. The van der Waals surface area contributed by atoms with E-state index in [2.05, 4.69) is 9.97 Å². The molecule has 0 aliphatic heterocycles. The maximum Gasteiger partial charge on any atom is 0.137 e. The summed E-state index contributed by atoms with van der Waals surface area (Å²) < 4.78 is 33.1. The van der Waals surface area contributed by atoms with Gasteiger partial charge in [0.15, 0.2) is 0 Å². The highest BCUT2D eigenvalue weighted by molar-refractivity contribution is 5.81. The number of aryl methyl sites for hydroxylation is 1. The number of H-pyrrole nitrogens is 2. The number of hydrogen-bond acceptors (Lipinski definition) is 1. The lowest BCUT2D eigenvalue weighted by molar-refractivity contribution is 0.623. The maximum atomic E-state index is 13.5. The second-order valence-electron chi connectivity index (χ2n) is 5.51. The molecule has 0 fully saturated rings. The number of rotatable bonds is 2. The first-order valence-electron chi connectivity index (χ1n) is 9.26. The number of halogens is 2. The van der Waals surface area contributed by atoms with Crippen LogP contribution in [0.5, 0.6) is 0 Å². The lowest BCUT2D eigenvalue weighted by atomic mass is 10.1. The number of aromatic nitrogens is 2. The number of hydrogen-bond donors (Lipinski definition) is 3. The SMILES string of the molecule is C.CCc1ccc2[nH]ccc2c1F.NCc1ccc2[nH]ccc2c1F.[2H]CC. The maximum absolute atomic E-state index is 13.5. The van der Waals surface area contributed by atoms with Crippen LogP contribution in [0, 0.1) is 11.6 Å². The van der Waals surface area contributed by atoms with Gasteiger partial charge in [0, 0.05) is 47.7 Å². The molecule has 2 heterocycles. The summed E-state index contributed by atoms with van der Waals surface area (Å²) in [5, 5.41) is 1.30. The number of aromatic amines is 2. The first-order chi connectivity index (χ1) is 13.1. The number of nitrogens with one attached hydrogen (secondary N) is 2. The van der Waals surface area contributed by atoms with Gasteiger partial charge < -0.3 is 15.7 Å². The first kappa shape index (κ1) is 20.6. The van der Waals surface area contributed by atoms with E-state index in [9.17, 15) is 8.78 Å². The summed E-state index contributed by atoms with van der Waals surface area (Å²) in [6, 6.07) is 10.8. The Morgan fingerprint density at radius 1 is 0.889 bits per heavy atom. The smallest absolute Gasteiger partial charge is 0.137 e. The molecule has 27 heavy (non-hydrogen) atoms. The van der Waals surface area contributed by atoms with Crippen LogP contribution in [-0.2, 0) is 13.0 Å². The lowest BCUT2D eigenvalue weighted by Gasteiger charge is -1.99. The van der Waals surface area contributed by atoms with Gasteiger partial charge in [0.1, 0.15) is 11.6 Å². The Balaban J connectivity index is 0.000000239. The van der Waals surface area contributed by atoms with Crippen LogP contribution < -0.4 is 5.73 Å². The van der Waals surface area contributed by atoms with Crippen molar-refractivity contribution in [2.45, 2.75) is 41.1 Å². The molecule has 0 saturated heterocycles. The molecule has 5 heteroatoms. The fourth-order valence-corrected chi connectivity index (χ4v) is 2.71. The van der Waals surface area contributed by atoms with Crippen LogP contribution in [0.1, 0.15) is 40.7 Å². The largest absolute Gasteiger partial charge is 0.361 e. The highest BCUT2D eigenvalue weighted by atomic mass is 19.1. The van der Waals surface area contributed by atoms with Gasteiger partial charge in [0.25, 0.3) is 0 Å². The van der Waals surface area contributed by atoms with E-state index in [1.54, 1.807) is 37.5 Å². The molecule has 0 bridgehead atoms. The van der Waals surface area contributed by atoms with Gasteiger partial charge in [-0.3, -0.25) is 0 Å². The van der Waals surface area contributed by atoms with Gasteiger partial charge in [-0.15, -0.1) is 0 Å². The van der Waals surface area contributed by atoms with E-state index in [0.717, 1.165) is 23.0 Å². The molecule has 4 rings (SSSR count). The van der Waals surface area contributed by atoms with Crippen molar-refractivity contribution in [2.75, 3.05) is 0 Å². The summed E-state index contributed by atoms with van der Waals surface area (Å²) in [5.74, 6) is -0.299. The molecule has 2 aromatic heterocycles. The van der Waals surface area contributed by atoms with Gasteiger partial charge in [-0.25, -0.2) is 8.78 Å². The van der Waals surface area contributed by atoms with Crippen molar-refractivity contribution in [2.24, 2.45) is 5.73 Å². The third kappa shape index (κ3) is 4.74. The van der Waals surface area contributed by atoms with E-state index < -0.39 is 0 Å². The van der Waals surface area contributed by atoms with Crippen molar-refractivity contribution in [1.82, 2.24) is 9.97 Å². The molecule has 0 aliphatic rings. The van der Waals surface area contributed by atoms with E-state index in [1.807, 2.05) is 25.1 Å². The zero-order valence-corrected chi connectivity index (χ0v) is 15.1. The van der Waals surface area contributed by atoms with Crippen molar-refractivity contribution in [3.05, 3.63) is 71.6 Å². The highest BCUT2D eigenvalue weighted by Gasteiger charge is 2.06. The van der Waals surface area contributed by atoms with Crippen LogP contribution in [0.4, 0.5) is 8.78 Å². The van der Waals surface area contributed by atoms with Crippen molar-refractivity contribution >= 4 is 21.8 Å². The minimum atomic E-state index is -0.212. The van der Waals surface area contributed by atoms with Gasteiger partial charge in [-0.1, -0.05) is 40.3 Å². The Kier molecular flexibility index (Phi) is 8.01. The van der Waals surface area contributed by atoms with Gasteiger partial charge >= 0.3 is 0 Å². The zero-order chi connectivity index (χ0) is 19.8. The topological polar surface area (TPSA) is 57.6 Å². The molecular formula is C22H29F2N3. The molecular weight excluding hydrogens is 344 g/mol. The lowest BCUT2D eigenvalue weighted by Crippen LogP contribution is -1.99. The standard InChI is InChI=1S/C10H10FN.C9H9FN2.C2H6.CH4/c1-2-7-3-4-9-8(10(7)11)5-6-12-9;10-9-6(5-11)1-2-8-7(9)3-4-12-8;1-2;/h3-6,12H,2H2,1H3;1-4,12H,5,11H2;1-2H3;1H4/i;;1D;. The molecule has 4 aromatic rings. The molecule has 0 unspecified atom stereocenters. The van der Waals surface area contributed by atoms with E-state index in [1.165, 1.54) is 0 Å². The van der Waals surface area contributed by atoms with Crippen LogP contribution in [0.25, 0.3) is 21.8 Å². The Bertz CT molecular complexity index is 912. The summed E-state index contributed by atoms with van der Waals surface area (Å²) in [5.41, 5.74) is 8.37. The molecule has 0 radical (unpaired) electrons. The van der Waals surface area contributed by atoms with Crippen molar-refractivity contribution in [3.8, 4) is 0 Å². The Morgan fingerprint density at radius 3 is 1.78 bits per heavy atom. The molecule has 4 N–H and O–H groups in total. The average Bonchev–Trinajstić information content (AvgIpc) is 3.33. The predicted molar refractivity (Wildman–Crippen MR) is 112 cm³/mol. The fourth-order valence-electron chi connectivity index (χ4n) is 2.71. The van der Waals surface area contributed by atoms with Crippen LogP contribution >= 0.6 is 0 Å². The predicted octanol–water partition coefficient (Wildman–Crippen LogP) is 6.30. The van der Waals surface area contributed by atoms with Crippen LogP contribution in [0.3, 0.4) is 0 Å². The van der Waals surface area contributed by atoms with Gasteiger partial charge in [-0.2, -0.15) is 0 Å². The van der Waals surface area contributed by atoms with Crippen LogP contribution in [0.2, 0.25) is 0 Å². The molecule has 0 atom stereocenters. The van der Waals surface area contributed by atoms with Crippen molar-refractivity contribution < 1.29 is 10.2 Å². The monoisotopic (exact) mass is 374 g/mol.